The molecule has 0 aromatic carbocycles. The zero-order valence-electron chi connectivity index (χ0n) is 12.3. The molecule has 0 aliphatic heterocycles. The predicted molar refractivity (Wildman–Crippen MR) is 73.5 cm³/mol. The van der Waals surface area contributed by atoms with Gasteiger partial charge in [-0.2, -0.15) is 0 Å². The van der Waals surface area contributed by atoms with E-state index in [1.807, 2.05) is 0 Å². The average Bonchev–Trinajstić information content (AvgIpc) is 2.75. The van der Waals surface area contributed by atoms with Crippen LogP contribution in [0.25, 0.3) is 0 Å². The third-order valence-corrected chi connectivity index (χ3v) is 5.45. The van der Waals surface area contributed by atoms with Gasteiger partial charge in [-0.25, -0.2) is 0 Å². The van der Waals surface area contributed by atoms with Crippen molar-refractivity contribution in [1.82, 2.24) is 5.32 Å². The van der Waals surface area contributed by atoms with E-state index in [1.165, 1.54) is 19.3 Å². The van der Waals surface area contributed by atoms with Crippen LogP contribution in [0.1, 0.15) is 46.5 Å². The van der Waals surface area contributed by atoms with E-state index in [-0.39, 0.29) is 6.10 Å². The van der Waals surface area contributed by atoms with Gasteiger partial charge in [-0.3, -0.25) is 0 Å². The third kappa shape index (κ3) is 2.45. The molecule has 106 valence electrons. The van der Waals surface area contributed by atoms with Crippen molar-refractivity contribution < 1.29 is 9.84 Å². The fourth-order valence-electron chi connectivity index (χ4n) is 4.48. The Hall–Kier alpha value is -0.120. The van der Waals surface area contributed by atoms with E-state index < -0.39 is 0 Å². The lowest BCUT2D eigenvalue weighted by Crippen LogP contribution is -2.50. The lowest BCUT2D eigenvalue weighted by atomic mass is 9.68. The van der Waals surface area contributed by atoms with Crippen LogP contribution in [-0.4, -0.2) is 37.5 Å². The molecule has 2 fully saturated rings. The van der Waals surface area contributed by atoms with Gasteiger partial charge >= 0.3 is 0 Å². The highest BCUT2D eigenvalue weighted by Crippen LogP contribution is 2.62. The zero-order valence-corrected chi connectivity index (χ0v) is 12.3. The van der Waals surface area contributed by atoms with Crippen molar-refractivity contribution in [1.29, 1.82) is 0 Å². The number of fused-ring (bicyclic) bond motifs is 2. The van der Waals surface area contributed by atoms with E-state index in [9.17, 15) is 5.11 Å². The van der Waals surface area contributed by atoms with Crippen molar-refractivity contribution in [3.63, 3.8) is 0 Å². The Balaban J connectivity index is 1.85. The summed E-state index contributed by atoms with van der Waals surface area (Å²) in [6.45, 7) is 8.58. The molecule has 0 heterocycles. The topological polar surface area (TPSA) is 41.5 Å². The molecule has 0 aromatic heterocycles. The van der Waals surface area contributed by atoms with Crippen molar-refractivity contribution in [2.75, 3.05) is 20.3 Å². The molecule has 2 aliphatic rings. The molecule has 4 unspecified atom stereocenters. The zero-order chi connectivity index (χ0) is 13.4. The summed E-state index contributed by atoms with van der Waals surface area (Å²) >= 11 is 0. The second-order valence-electron chi connectivity index (χ2n) is 7.20. The molecule has 4 atom stereocenters. The van der Waals surface area contributed by atoms with Gasteiger partial charge in [0.1, 0.15) is 0 Å². The second-order valence-corrected chi connectivity index (χ2v) is 7.20. The first-order chi connectivity index (χ1) is 8.40. The van der Waals surface area contributed by atoms with E-state index >= 15 is 0 Å². The second kappa shape index (κ2) is 5.10. The summed E-state index contributed by atoms with van der Waals surface area (Å²) in [5, 5.41) is 13.4. The summed E-state index contributed by atoms with van der Waals surface area (Å²) in [6, 6.07) is 0.596. The van der Waals surface area contributed by atoms with Crippen molar-refractivity contribution in [3.8, 4) is 0 Å². The normalized spacial score (nSPS) is 39.2. The van der Waals surface area contributed by atoms with Crippen LogP contribution in [0.4, 0.5) is 0 Å². The molecule has 2 bridgehead atoms. The molecule has 0 aromatic rings. The van der Waals surface area contributed by atoms with Crippen LogP contribution in [0.2, 0.25) is 0 Å². The molecule has 2 aliphatic carbocycles. The van der Waals surface area contributed by atoms with Crippen molar-refractivity contribution in [2.45, 2.75) is 58.6 Å². The first kappa shape index (κ1) is 14.3. The Morgan fingerprint density at radius 2 is 2.11 bits per heavy atom. The van der Waals surface area contributed by atoms with Gasteiger partial charge in [0.15, 0.2) is 0 Å². The molecule has 3 heteroatoms. The van der Waals surface area contributed by atoms with Crippen LogP contribution in [0, 0.1) is 16.7 Å². The van der Waals surface area contributed by atoms with Crippen LogP contribution in [0.15, 0.2) is 0 Å². The Bertz CT molecular complexity index is 287. The Labute approximate surface area is 111 Å². The van der Waals surface area contributed by atoms with Crippen LogP contribution in [-0.2, 0) is 4.74 Å². The molecule has 2 N–H and O–H groups in total. The Morgan fingerprint density at radius 3 is 2.67 bits per heavy atom. The standard InChI is InChI=1S/C15H29NO2/c1-14(2)11-5-7-15(3,9-11)13(14)16-8-6-12(17)10-18-4/h11-13,16-17H,5-10H2,1-4H3. The van der Waals surface area contributed by atoms with Crippen molar-refractivity contribution in [3.05, 3.63) is 0 Å². The van der Waals surface area contributed by atoms with E-state index in [0.717, 1.165) is 18.9 Å². The number of nitrogens with one attached hydrogen (secondary N) is 1. The quantitative estimate of drug-likeness (QED) is 0.764. The molecule has 0 radical (unpaired) electrons. The maximum Gasteiger partial charge on any atom is 0.0785 e. The highest BCUT2D eigenvalue weighted by atomic mass is 16.5. The maximum atomic E-state index is 9.68. The van der Waals surface area contributed by atoms with Crippen molar-refractivity contribution >= 4 is 0 Å². The molecule has 3 nitrogen and oxygen atoms in total. The summed E-state index contributed by atoms with van der Waals surface area (Å²) in [6.07, 6.45) is 4.57. The highest BCUT2D eigenvalue weighted by Gasteiger charge is 2.58. The fraction of sp³-hybridized carbons (Fsp3) is 1.00. The van der Waals surface area contributed by atoms with Gasteiger partial charge in [0, 0.05) is 13.2 Å². The molecule has 2 saturated carbocycles. The first-order valence-corrected chi connectivity index (χ1v) is 7.30. The maximum absolute atomic E-state index is 9.68. The fourth-order valence-corrected chi connectivity index (χ4v) is 4.48. The number of methoxy groups -OCH3 is 1. The SMILES string of the molecule is COCC(O)CCNC1C2(C)CCC(C2)C1(C)C. The van der Waals surface area contributed by atoms with E-state index in [1.54, 1.807) is 7.11 Å². The molecular formula is C15H29NO2. The lowest BCUT2D eigenvalue weighted by Gasteiger charge is -2.43. The van der Waals surface area contributed by atoms with Crippen LogP contribution >= 0.6 is 0 Å². The smallest absolute Gasteiger partial charge is 0.0785 e. The Kier molecular flexibility index (Phi) is 4.05. The molecule has 2 rings (SSSR count). The molecule has 0 amide bonds. The average molecular weight is 255 g/mol. The van der Waals surface area contributed by atoms with Gasteiger partial charge in [-0.05, 0) is 49.0 Å². The number of ether oxygens (including phenoxy) is 1. The Morgan fingerprint density at radius 1 is 1.39 bits per heavy atom. The van der Waals surface area contributed by atoms with Crippen molar-refractivity contribution in [2.24, 2.45) is 16.7 Å². The number of hydrogen-bond donors (Lipinski definition) is 2. The summed E-state index contributed by atoms with van der Waals surface area (Å²) in [5.74, 6) is 0.879. The molecule has 0 spiro atoms. The van der Waals surface area contributed by atoms with Gasteiger partial charge in [-0.1, -0.05) is 20.8 Å². The van der Waals surface area contributed by atoms with E-state index in [4.69, 9.17) is 4.74 Å². The number of rotatable bonds is 6. The number of aliphatic hydroxyl groups is 1. The number of aliphatic hydroxyl groups excluding tert-OH is 1. The monoisotopic (exact) mass is 255 g/mol. The molecular weight excluding hydrogens is 226 g/mol. The highest BCUT2D eigenvalue weighted by molar-refractivity contribution is 5.11. The van der Waals surface area contributed by atoms with Crippen LogP contribution in [0.3, 0.4) is 0 Å². The summed E-state index contributed by atoms with van der Waals surface area (Å²) in [4.78, 5) is 0. The van der Waals surface area contributed by atoms with Crippen LogP contribution < -0.4 is 5.32 Å². The first-order valence-electron chi connectivity index (χ1n) is 7.30. The minimum Gasteiger partial charge on any atom is -0.391 e. The third-order valence-electron chi connectivity index (χ3n) is 5.45. The number of hydrogen-bond acceptors (Lipinski definition) is 3. The summed E-state index contributed by atoms with van der Waals surface area (Å²) < 4.78 is 4.96. The minimum atomic E-state index is -0.336. The lowest BCUT2D eigenvalue weighted by molar-refractivity contribution is 0.0534. The van der Waals surface area contributed by atoms with E-state index in [2.05, 4.69) is 26.1 Å². The van der Waals surface area contributed by atoms with Gasteiger partial charge in [0.2, 0.25) is 0 Å². The largest absolute Gasteiger partial charge is 0.391 e. The van der Waals surface area contributed by atoms with E-state index in [0.29, 0.717) is 23.5 Å². The molecule has 0 saturated heterocycles. The minimum absolute atomic E-state index is 0.336. The van der Waals surface area contributed by atoms with Gasteiger partial charge < -0.3 is 15.2 Å². The van der Waals surface area contributed by atoms with Gasteiger partial charge in [-0.15, -0.1) is 0 Å². The summed E-state index contributed by atoms with van der Waals surface area (Å²) in [7, 11) is 1.64. The van der Waals surface area contributed by atoms with Gasteiger partial charge in [0.25, 0.3) is 0 Å². The van der Waals surface area contributed by atoms with Crippen LogP contribution in [0.5, 0.6) is 0 Å². The summed E-state index contributed by atoms with van der Waals surface area (Å²) in [5.41, 5.74) is 0.875. The molecule has 18 heavy (non-hydrogen) atoms. The predicted octanol–water partition coefficient (Wildman–Crippen LogP) is 2.19. The van der Waals surface area contributed by atoms with Gasteiger partial charge in [0.05, 0.1) is 12.7 Å².